The Kier molecular flexibility index (Phi) is 6.28. The molecule has 1 amide bonds. The fourth-order valence-corrected chi connectivity index (χ4v) is 4.26. The monoisotopic (exact) mass is 436 g/mol. The maximum absolute atomic E-state index is 12.2. The van der Waals surface area contributed by atoms with Gasteiger partial charge in [0.25, 0.3) is 0 Å². The number of aryl methyl sites for hydroxylation is 3. The number of anilines is 1. The van der Waals surface area contributed by atoms with Crippen LogP contribution in [0, 0.1) is 6.92 Å². The molecule has 130 valence electrons. The van der Waals surface area contributed by atoms with Crippen LogP contribution in [0.3, 0.4) is 0 Å². The van der Waals surface area contributed by atoms with E-state index in [0.29, 0.717) is 0 Å². The van der Waals surface area contributed by atoms with Gasteiger partial charge in [-0.25, -0.2) is 0 Å². The van der Waals surface area contributed by atoms with E-state index in [-0.39, 0.29) is 11.7 Å². The predicted molar refractivity (Wildman–Crippen MR) is 106 cm³/mol. The van der Waals surface area contributed by atoms with E-state index in [9.17, 15) is 4.79 Å². The first-order chi connectivity index (χ1) is 12.1. The highest BCUT2D eigenvalue weighted by atomic mass is 79.9. The minimum atomic E-state index is -0.0673. The molecule has 8 heteroatoms. The van der Waals surface area contributed by atoms with Gasteiger partial charge in [-0.1, -0.05) is 23.9 Å². The molecular weight excluding hydrogens is 420 g/mol. The van der Waals surface area contributed by atoms with Gasteiger partial charge in [-0.2, -0.15) is 0 Å². The Bertz CT molecular complexity index is 848. The number of hydrogen-bond donors (Lipinski definition) is 1. The number of halogens is 1. The van der Waals surface area contributed by atoms with Crippen LogP contribution in [0.5, 0.6) is 0 Å². The number of benzene rings is 1. The molecule has 0 unspecified atom stereocenters. The van der Waals surface area contributed by atoms with Crippen LogP contribution in [0.2, 0.25) is 0 Å². The minimum Gasteiger partial charge on any atom is -0.324 e. The number of thioether (sulfide) groups is 1. The van der Waals surface area contributed by atoms with E-state index in [4.69, 9.17) is 0 Å². The molecule has 2 aromatic heterocycles. The van der Waals surface area contributed by atoms with E-state index in [2.05, 4.69) is 49.0 Å². The lowest BCUT2D eigenvalue weighted by Crippen LogP contribution is -2.15. The SMILES string of the molecule is Cc1ccc(NC(=O)CSc2nncn2CCc2cccs2)c(Br)c1. The average molecular weight is 437 g/mol. The first kappa shape index (κ1) is 18.2. The van der Waals surface area contributed by atoms with Gasteiger partial charge < -0.3 is 9.88 Å². The molecule has 0 aliphatic carbocycles. The zero-order valence-corrected chi connectivity index (χ0v) is 16.8. The molecular formula is C17H17BrN4OS2. The maximum atomic E-state index is 12.2. The first-order valence-corrected chi connectivity index (χ1v) is 10.4. The molecule has 1 aromatic carbocycles. The van der Waals surface area contributed by atoms with Gasteiger partial charge in [-0.15, -0.1) is 21.5 Å². The van der Waals surface area contributed by atoms with Gasteiger partial charge in [0.2, 0.25) is 5.91 Å². The molecule has 5 nitrogen and oxygen atoms in total. The number of nitrogens with zero attached hydrogens (tertiary/aromatic N) is 3. The van der Waals surface area contributed by atoms with E-state index in [1.54, 1.807) is 17.7 Å². The van der Waals surface area contributed by atoms with E-state index in [1.165, 1.54) is 16.6 Å². The molecule has 25 heavy (non-hydrogen) atoms. The van der Waals surface area contributed by atoms with Gasteiger partial charge in [0.15, 0.2) is 5.16 Å². The van der Waals surface area contributed by atoms with Crippen molar-refractivity contribution in [1.29, 1.82) is 0 Å². The van der Waals surface area contributed by atoms with Crippen LogP contribution >= 0.6 is 39.0 Å². The van der Waals surface area contributed by atoms with Crippen molar-refractivity contribution in [3.63, 3.8) is 0 Å². The van der Waals surface area contributed by atoms with Gasteiger partial charge in [0, 0.05) is 15.9 Å². The van der Waals surface area contributed by atoms with Crippen molar-refractivity contribution in [3.8, 4) is 0 Å². The van der Waals surface area contributed by atoms with Gasteiger partial charge in [0.1, 0.15) is 6.33 Å². The number of hydrogen-bond acceptors (Lipinski definition) is 5. The smallest absolute Gasteiger partial charge is 0.234 e. The Morgan fingerprint density at radius 1 is 1.40 bits per heavy atom. The number of rotatable bonds is 7. The summed E-state index contributed by atoms with van der Waals surface area (Å²) in [5.74, 6) is 0.222. The molecule has 0 atom stereocenters. The predicted octanol–water partition coefficient (Wildman–Crippen LogP) is 4.38. The molecule has 0 aliphatic heterocycles. The largest absolute Gasteiger partial charge is 0.324 e. The molecule has 0 saturated carbocycles. The maximum Gasteiger partial charge on any atom is 0.234 e. The van der Waals surface area contributed by atoms with Crippen molar-refractivity contribution in [3.05, 3.63) is 57.0 Å². The van der Waals surface area contributed by atoms with E-state index in [0.717, 1.165) is 33.8 Å². The summed E-state index contributed by atoms with van der Waals surface area (Å²) >= 11 is 6.61. The molecule has 0 aliphatic rings. The molecule has 3 aromatic rings. The summed E-state index contributed by atoms with van der Waals surface area (Å²) in [5.41, 5.74) is 1.91. The summed E-state index contributed by atoms with van der Waals surface area (Å²) in [5, 5.41) is 13.8. The van der Waals surface area contributed by atoms with Gasteiger partial charge >= 0.3 is 0 Å². The zero-order valence-electron chi connectivity index (χ0n) is 13.6. The topological polar surface area (TPSA) is 59.8 Å². The summed E-state index contributed by atoms with van der Waals surface area (Å²) in [6, 6.07) is 10.0. The third-order valence-electron chi connectivity index (χ3n) is 3.49. The first-order valence-electron chi connectivity index (χ1n) is 7.71. The van der Waals surface area contributed by atoms with Crippen LogP contribution in [-0.2, 0) is 17.8 Å². The lowest BCUT2D eigenvalue weighted by molar-refractivity contribution is -0.113. The highest BCUT2D eigenvalue weighted by Crippen LogP contribution is 2.24. The van der Waals surface area contributed by atoms with Crippen LogP contribution in [0.25, 0.3) is 0 Å². The van der Waals surface area contributed by atoms with Crippen molar-refractivity contribution >= 4 is 50.6 Å². The zero-order chi connectivity index (χ0) is 17.6. The third kappa shape index (κ3) is 5.17. The Labute approximate surface area is 163 Å². The van der Waals surface area contributed by atoms with Crippen LogP contribution in [0.15, 0.2) is 51.7 Å². The van der Waals surface area contributed by atoms with Crippen LogP contribution < -0.4 is 5.32 Å². The third-order valence-corrected chi connectivity index (χ3v) is 6.06. The highest BCUT2D eigenvalue weighted by Gasteiger charge is 2.10. The van der Waals surface area contributed by atoms with Gasteiger partial charge in [-0.3, -0.25) is 4.79 Å². The lowest BCUT2D eigenvalue weighted by atomic mass is 10.2. The molecule has 0 fully saturated rings. The minimum absolute atomic E-state index is 0.0673. The second-order valence-electron chi connectivity index (χ2n) is 5.46. The number of amides is 1. The molecule has 0 saturated heterocycles. The highest BCUT2D eigenvalue weighted by molar-refractivity contribution is 9.10. The number of thiophene rings is 1. The average Bonchev–Trinajstić information content (AvgIpc) is 3.25. The normalized spacial score (nSPS) is 10.8. The van der Waals surface area contributed by atoms with Crippen LogP contribution in [-0.4, -0.2) is 26.4 Å². The summed E-state index contributed by atoms with van der Waals surface area (Å²) in [7, 11) is 0. The molecule has 0 radical (unpaired) electrons. The second kappa shape index (κ2) is 8.64. The van der Waals surface area contributed by atoms with Crippen molar-refractivity contribution in [2.75, 3.05) is 11.1 Å². The fraction of sp³-hybridized carbons (Fsp3) is 0.235. The number of aromatic nitrogens is 3. The Morgan fingerprint density at radius 2 is 2.28 bits per heavy atom. The van der Waals surface area contributed by atoms with Crippen LogP contribution in [0.1, 0.15) is 10.4 Å². The molecule has 3 rings (SSSR count). The summed E-state index contributed by atoms with van der Waals surface area (Å²) in [6.45, 7) is 2.82. The number of nitrogens with one attached hydrogen (secondary N) is 1. The quantitative estimate of drug-likeness (QED) is 0.558. The van der Waals surface area contributed by atoms with Crippen molar-refractivity contribution in [1.82, 2.24) is 14.8 Å². The molecule has 2 heterocycles. The van der Waals surface area contributed by atoms with Gasteiger partial charge in [-0.05, 0) is 58.4 Å². The molecule has 1 N–H and O–H groups in total. The van der Waals surface area contributed by atoms with Crippen molar-refractivity contribution in [2.24, 2.45) is 0 Å². The number of carbonyl (C=O) groups excluding carboxylic acids is 1. The van der Waals surface area contributed by atoms with Crippen LogP contribution in [0.4, 0.5) is 5.69 Å². The standard InChI is InChI=1S/C17H17BrN4OS2/c1-12-4-5-15(14(18)9-12)20-16(23)10-25-17-21-19-11-22(17)7-6-13-3-2-8-24-13/h2-5,8-9,11H,6-7,10H2,1H3,(H,20,23). The summed E-state index contributed by atoms with van der Waals surface area (Å²) in [6.07, 6.45) is 2.65. The Morgan fingerprint density at radius 3 is 3.04 bits per heavy atom. The van der Waals surface area contributed by atoms with E-state index < -0.39 is 0 Å². The van der Waals surface area contributed by atoms with Gasteiger partial charge in [0.05, 0.1) is 11.4 Å². The van der Waals surface area contributed by atoms with E-state index >= 15 is 0 Å². The summed E-state index contributed by atoms with van der Waals surface area (Å²) < 4.78 is 2.87. The van der Waals surface area contributed by atoms with Crippen molar-refractivity contribution < 1.29 is 4.79 Å². The Hall–Kier alpha value is -1.64. The second-order valence-corrected chi connectivity index (χ2v) is 8.29. The molecule has 0 bridgehead atoms. The summed E-state index contributed by atoms with van der Waals surface area (Å²) in [4.78, 5) is 13.5. The Balaban J connectivity index is 1.53. The van der Waals surface area contributed by atoms with E-state index in [1.807, 2.05) is 29.7 Å². The lowest BCUT2D eigenvalue weighted by Gasteiger charge is -2.08. The number of carbonyl (C=O) groups is 1. The molecule has 0 spiro atoms. The van der Waals surface area contributed by atoms with Crippen molar-refractivity contribution in [2.45, 2.75) is 25.0 Å². The fourth-order valence-electron chi connectivity index (χ4n) is 2.23.